The zero-order chi connectivity index (χ0) is 10.1. The maximum Gasteiger partial charge on any atom is 0.328 e. The number of nitrogens with one attached hydrogen (secondary N) is 1. The van der Waals surface area contributed by atoms with Crippen LogP contribution < -0.4 is 5.32 Å². The van der Waals surface area contributed by atoms with Crippen LogP contribution in [0.3, 0.4) is 0 Å². The normalized spacial score (nSPS) is 18.6. The van der Waals surface area contributed by atoms with Gasteiger partial charge in [-0.3, -0.25) is 0 Å². The number of ether oxygens (including phenoxy) is 1. The molecule has 1 heterocycles. The van der Waals surface area contributed by atoms with Gasteiger partial charge in [0, 0.05) is 17.7 Å². The fraction of sp³-hybridized carbons (Fsp3) is 0.300. The van der Waals surface area contributed by atoms with Crippen molar-refractivity contribution in [1.82, 2.24) is 0 Å². The van der Waals surface area contributed by atoms with E-state index in [4.69, 9.17) is 0 Å². The summed E-state index contributed by atoms with van der Waals surface area (Å²) in [5, 5.41) is 2.91. The Labute approximate surface area is 80.9 Å². The lowest BCUT2D eigenvalue weighted by molar-refractivity contribution is -0.141. The highest BCUT2D eigenvalue weighted by molar-refractivity contribution is 5.82. The molecule has 2 rings (SSSR count). The number of carbonyl (C=O) groups excluding carboxylic acids is 1. The predicted octanol–water partition coefficient (Wildman–Crippen LogP) is 1.34. The van der Waals surface area contributed by atoms with Gasteiger partial charge in [0.2, 0.25) is 0 Å². The molecular weight excluding hydrogens is 185 g/mol. The minimum atomic E-state index is -0.452. The van der Waals surface area contributed by atoms with Gasteiger partial charge in [-0.1, -0.05) is 6.07 Å². The number of rotatable bonds is 1. The molecule has 0 radical (unpaired) electrons. The second-order valence-corrected chi connectivity index (χ2v) is 3.19. The van der Waals surface area contributed by atoms with E-state index in [0.29, 0.717) is 17.7 Å². The molecule has 0 spiro atoms. The molecule has 1 aliphatic heterocycles. The number of benzene rings is 1. The van der Waals surface area contributed by atoms with Crippen LogP contribution in [0.25, 0.3) is 0 Å². The Morgan fingerprint density at radius 2 is 2.43 bits per heavy atom. The third-order valence-electron chi connectivity index (χ3n) is 2.34. The molecule has 1 aliphatic rings. The van der Waals surface area contributed by atoms with Crippen molar-refractivity contribution in [3.63, 3.8) is 0 Å². The molecule has 14 heavy (non-hydrogen) atoms. The van der Waals surface area contributed by atoms with Crippen LogP contribution in [0.4, 0.5) is 10.1 Å². The Kier molecular flexibility index (Phi) is 2.11. The standard InChI is InChI=1S/C10H10FNO2/c1-14-10(13)9-5-6-7(11)3-2-4-8(6)12-9/h2-4,9,12H,5H2,1H3/t9-/m1/s1. The van der Waals surface area contributed by atoms with Crippen LogP contribution in [0.15, 0.2) is 18.2 Å². The Bertz CT molecular complexity index is 378. The van der Waals surface area contributed by atoms with Gasteiger partial charge in [-0.25, -0.2) is 9.18 Å². The number of carbonyl (C=O) groups is 1. The van der Waals surface area contributed by atoms with Crippen molar-refractivity contribution < 1.29 is 13.9 Å². The molecule has 0 saturated carbocycles. The Balaban J connectivity index is 2.26. The molecule has 0 aliphatic carbocycles. The lowest BCUT2D eigenvalue weighted by atomic mass is 10.1. The van der Waals surface area contributed by atoms with E-state index in [-0.39, 0.29) is 11.8 Å². The van der Waals surface area contributed by atoms with E-state index >= 15 is 0 Å². The maximum absolute atomic E-state index is 13.2. The summed E-state index contributed by atoms with van der Waals surface area (Å²) in [7, 11) is 1.32. The molecule has 1 N–H and O–H groups in total. The zero-order valence-electron chi connectivity index (χ0n) is 7.71. The number of methoxy groups -OCH3 is 1. The SMILES string of the molecule is COC(=O)[C@H]1Cc2c(F)cccc2N1. The van der Waals surface area contributed by atoms with Crippen molar-refractivity contribution in [2.75, 3.05) is 12.4 Å². The number of halogens is 1. The topological polar surface area (TPSA) is 38.3 Å². The maximum atomic E-state index is 13.2. The number of esters is 1. The monoisotopic (exact) mass is 195 g/mol. The molecule has 0 saturated heterocycles. The lowest BCUT2D eigenvalue weighted by Gasteiger charge is -2.07. The summed E-state index contributed by atoms with van der Waals surface area (Å²) in [6.45, 7) is 0. The van der Waals surface area contributed by atoms with E-state index in [1.54, 1.807) is 12.1 Å². The third-order valence-corrected chi connectivity index (χ3v) is 2.34. The predicted molar refractivity (Wildman–Crippen MR) is 49.5 cm³/mol. The van der Waals surface area contributed by atoms with Crippen LogP contribution in [0.2, 0.25) is 0 Å². The molecule has 74 valence electrons. The van der Waals surface area contributed by atoms with Crippen LogP contribution in [0.5, 0.6) is 0 Å². The molecule has 0 unspecified atom stereocenters. The van der Waals surface area contributed by atoms with Crippen LogP contribution in [0.1, 0.15) is 5.56 Å². The summed E-state index contributed by atoms with van der Waals surface area (Å²) >= 11 is 0. The highest BCUT2D eigenvalue weighted by Gasteiger charge is 2.29. The third kappa shape index (κ3) is 1.32. The second kappa shape index (κ2) is 3.29. The first-order valence-corrected chi connectivity index (χ1v) is 4.34. The van der Waals surface area contributed by atoms with Gasteiger partial charge in [0.25, 0.3) is 0 Å². The van der Waals surface area contributed by atoms with Gasteiger partial charge in [-0.15, -0.1) is 0 Å². The molecule has 0 fully saturated rings. The summed E-state index contributed by atoms with van der Waals surface area (Å²) in [6, 6.07) is 4.30. The van der Waals surface area contributed by atoms with E-state index < -0.39 is 6.04 Å². The van der Waals surface area contributed by atoms with Gasteiger partial charge < -0.3 is 10.1 Å². The summed E-state index contributed by atoms with van der Waals surface area (Å²) in [5.74, 6) is -0.637. The lowest BCUT2D eigenvalue weighted by Crippen LogP contribution is -2.27. The highest BCUT2D eigenvalue weighted by Crippen LogP contribution is 2.28. The summed E-state index contributed by atoms with van der Waals surface area (Å²) < 4.78 is 17.8. The first-order chi connectivity index (χ1) is 6.72. The van der Waals surface area contributed by atoms with Gasteiger partial charge >= 0.3 is 5.97 Å². The summed E-state index contributed by atoms with van der Waals surface area (Å²) in [4.78, 5) is 11.2. The van der Waals surface area contributed by atoms with Gasteiger partial charge in [0.1, 0.15) is 11.9 Å². The van der Waals surface area contributed by atoms with Crippen molar-refractivity contribution in [2.45, 2.75) is 12.5 Å². The van der Waals surface area contributed by atoms with E-state index in [9.17, 15) is 9.18 Å². The Morgan fingerprint density at radius 3 is 3.07 bits per heavy atom. The quantitative estimate of drug-likeness (QED) is 0.687. The van der Waals surface area contributed by atoms with Crippen LogP contribution in [-0.4, -0.2) is 19.1 Å². The van der Waals surface area contributed by atoms with Crippen LogP contribution in [-0.2, 0) is 16.0 Å². The summed E-state index contributed by atoms with van der Waals surface area (Å²) in [6.07, 6.45) is 0.356. The first-order valence-electron chi connectivity index (χ1n) is 4.34. The van der Waals surface area contributed by atoms with Crippen molar-refractivity contribution in [3.05, 3.63) is 29.6 Å². The Hall–Kier alpha value is -1.58. The molecule has 0 amide bonds. The fourth-order valence-corrected chi connectivity index (χ4v) is 1.63. The van der Waals surface area contributed by atoms with Crippen molar-refractivity contribution in [3.8, 4) is 0 Å². The molecule has 3 nitrogen and oxygen atoms in total. The first kappa shape index (κ1) is 8.99. The number of anilines is 1. The second-order valence-electron chi connectivity index (χ2n) is 3.19. The molecule has 1 aromatic rings. The number of hydrogen-bond acceptors (Lipinski definition) is 3. The highest BCUT2D eigenvalue weighted by atomic mass is 19.1. The van der Waals surface area contributed by atoms with Crippen molar-refractivity contribution >= 4 is 11.7 Å². The van der Waals surface area contributed by atoms with Crippen molar-refractivity contribution in [1.29, 1.82) is 0 Å². The van der Waals surface area contributed by atoms with Crippen LogP contribution >= 0.6 is 0 Å². The molecule has 1 aromatic carbocycles. The van der Waals surface area contributed by atoms with E-state index in [0.717, 1.165) is 0 Å². The van der Waals surface area contributed by atoms with Gasteiger partial charge in [0.15, 0.2) is 0 Å². The Morgan fingerprint density at radius 1 is 1.64 bits per heavy atom. The van der Waals surface area contributed by atoms with E-state index in [2.05, 4.69) is 10.1 Å². The number of fused-ring (bicyclic) bond motifs is 1. The molecule has 0 aromatic heterocycles. The van der Waals surface area contributed by atoms with Gasteiger partial charge in [-0.05, 0) is 12.1 Å². The minimum Gasteiger partial charge on any atom is -0.467 e. The van der Waals surface area contributed by atoms with Gasteiger partial charge in [-0.2, -0.15) is 0 Å². The van der Waals surface area contributed by atoms with Gasteiger partial charge in [0.05, 0.1) is 7.11 Å². The molecule has 4 heteroatoms. The van der Waals surface area contributed by atoms with E-state index in [1.807, 2.05) is 0 Å². The zero-order valence-corrected chi connectivity index (χ0v) is 7.71. The molecular formula is C10H10FNO2. The van der Waals surface area contributed by atoms with E-state index in [1.165, 1.54) is 13.2 Å². The smallest absolute Gasteiger partial charge is 0.328 e. The molecule has 1 atom stereocenters. The summed E-state index contributed by atoms with van der Waals surface area (Å²) in [5.41, 5.74) is 1.24. The average Bonchev–Trinajstić information content (AvgIpc) is 2.62. The minimum absolute atomic E-state index is 0.276. The molecule has 0 bridgehead atoms. The number of hydrogen-bond donors (Lipinski definition) is 1. The van der Waals surface area contributed by atoms with Crippen LogP contribution in [0, 0.1) is 5.82 Å². The largest absolute Gasteiger partial charge is 0.467 e. The van der Waals surface area contributed by atoms with Crippen molar-refractivity contribution in [2.24, 2.45) is 0 Å². The fourth-order valence-electron chi connectivity index (χ4n) is 1.63. The average molecular weight is 195 g/mol.